The summed E-state index contributed by atoms with van der Waals surface area (Å²) in [5.74, 6) is 0.161. The van der Waals surface area contributed by atoms with Crippen LogP contribution in [0, 0.1) is 0 Å². The van der Waals surface area contributed by atoms with Crippen molar-refractivity contribution in [1.82, 2.24) is 5.01 Å². The van der Waals surface area contributed by atoms with Gasteiger partial charge in [0.1, 0.15) is 0 Å². The number of Topliss-reactive ketones (excluding diaryl/α,β-unsaturated/α-hetero) is 1. The van der Waals surface area contributed by atoms with E-state index in [1.165, 1.54) is 0 Å². The molecule has 1 aromatic heterocycles. The topological polar surface area (TPSA) is 32.7 Å². The first-order chi connectivity index (χ1) is 8.66. The lowest BCUT2D eigenvalue weighted by molar-refractivity contribution is -0.111. The van der Waals surface area contributed by atoms with Crippen molar-refractivity contribution in [1.29, 1.82) is 0 Å². The molecule has 0 N–H and O–H groups in total. The van der Waals surface area contributed by atoms with E-state index in [1.54, 1.807) is 22.6 Å². The first-order valence-electron chi connectivity index (χ1n) is 5.86. The fraction of sp³-hybridized carbons (Fsp3) is 0.286. The van der Waals surface area contributed by atoms with Gasteiger partial charge in [0.05, 0.1) is 0 Å². The zero-order valence-electron chi connectivity index (χ0n) is 10.6. The molecule has 1 aromatic rings. The van der Waals surface area contributed by atoms with Crippen LogP contribution in [0.2, 0.25) is 0 Å². The summed E-state index contributed by atoms with van der Waals surface area (Å²) in [4.78, 5) is 13.2. The second kappa shape index (κ2) is 5.78. The summed E-state index contributed by atoms with van der Waals surface area (Å²) >= 11 is 1.65. The molecule has 2 rings (SSSR count). The van der Waals surface area contributed by atoms with Crippen LogP contribution in [0.15, 0.2) is 39.8 Å². The van der Waals surface area contributed by atoms with Crippen LogP contribution in [-0.4, -0.2) is 31.1 Å². The molecule has 0 saturated heterocycles. The van der Waals surface area contributed by atoms with Crippen molar-refractivity contribution in [3.63, 3.8) is 0 Å². The number of hydrogen-bond donors (Lipinski definition) is 0. The molecule has 94 valence electrons. The van der Waals surface area contributed by atoms with Gasteiger partial charge in [-0.15, -0.1) is 11.3 Å². The van der Waals surface area contributed by atoms with Crippen LogP contribution in [0.4, 0.5) is 0 Å². The van der Waals surface area contributed by atoms with Crippen LogP contribution in [0.3, 0.4) is 0 Å². The van der Waals surface area contributed by atoms with E-state index in [2.05, 4.69) is 5.10 Å². The summed E-state index contributed by atoms with van der Waals surface area (Å²) in [7, 11) is 3.71. The number of hydrogen-bond acceptors (Lipinski definition) is 4. The van der Waals surface area contributed by atoms with Crippen LogP contribution in [-0.2, 0) is 4.79 Å². The molecular formula is C14H16N2OS. The van der Waals surface area contributed by atoms with E-state index in [4.69, 9.17) is 0 Å². The van der Waals surface area contributed by atoms with Gasteiger partial charge >= 0.3 is 0 Å². The Hall–Kier alpha value is -1.68. The molecule has 0 bridgehead atoms. The molecule has 4 heteroatoms. The Labute approximate surface area is 111 Å². The lowest BCUT2D eigenvalue weighted by Gasteiger charge is -2.00. The van der Waals surface area contributed by atoms with Gasteiger partial charge in [0, 0.05) is 36.3 Å². The van der Waals surface area contributed by atoms with E-state index in [0.717, 1.165) is 28.9 Å². The van der Waals surface area contributed by atoms with E-state index in [9.17, 15) is 4.79 Å². The SMILES string of the molecule is CN(C)/N=C/C=C1\CC/C(=C\c2cccs2)C1=O. The highest BCUT2D eigenvalue weighted by atomic mass is 32.1. The second-order valence-electron chi connectivity index (χ2n) is 4.32. The van der Waals surface area contributed by atoms with Crippen molar-refractivity contribution < 1.29 is 4.79 Å². The minimum Gasteiger partial charge on any atom is -0.303 e. The van der Waals surface area contributed by atoms with E-state index >= 15 is 0 Å². The van der Waals surface area contributed by atoms with Crippen molar-refractivity contribution in [3.05, 3.63) is 39.6 Å². The summed E-state index contributed by atoms with van der Waals surface area (Å²) in [6.45, 7) is 0. The third-order valence-corrected chi connectivity index (χ3v) is 3.50. The van der Waals surface area contributed by atoms with Crippen molar-refractivity contribution in [2.45, 2.75) is 12.8 Å². The number of carbonyl (C=O) groups excluding carboxylic acids is 1. The van der Waals surface area contributed by atoms with Gasteiger partial charge in [-0.25, -0.2) is 0 Å². The number of thiophene rings is 1. The summed E-state index contributed by atoms with van der Waals surface area (Å²) in [6.07, 6.45) is 7.14. The third-order valence-electron chi connectivity index (χ3n) is 2.68. The molecule has 1 heterocycles. The highest BCUT2D eigenvalue weighted by molar-refractivity contribution is 7.10. The predicted molar refractivity (Wildman–Crippen MR) is 76.8 cm³/mol. The number of carbonyl (C=O) groups is 1. The monoisotopic (exact) mass is 260 g/mol. The van der Waals surface area contributed by atoms with Gasteiger partial charge in [-0.3, -0.25) is 4.79 Å². The first-order valence-corrected chi connectivity index (χ1v) is 6.74. The molecule has 3 nitrogen and oxygen atoms in total. The maximum absolute atomic E-state index is 12.1. The molecule has 0 radical (unpaired) electrons. The molecule has 18 heavy (non-hydrogen) atoms. The Bertz CT molecular complexity index is 510. The molecule has 0 spiro atoms. The maximum Gasteiger partial charge on any atom is 0.185 e. The van der Waals surface area contributed by atoms with E-state index in [-0.39, 0.29) is 5.78 Å². The molecule has 1 saturated carbocycles. The zero-order valence-corrected chi connectivity index (χ0v) is 11.4. The molecule has 0 aliphatic heterocycles. The minimum atomic E-state index is 0.161. The third kappa shape index (κ3) is 3.17. The minimum absolute atomic E-state index is 0.161. The molecule has 0 atom stereocenters. The quantitative estimate of drug-likeness (QED) is 0.475. The van der Waals surface area contributed by atoms with Gasteiger partial charge in [-0.05, 0) is 36.4 Å². The van der Waals surface area contributed by atoms with Crippen LogP contribution >= 0.6 is 11.3 Å². The van der Waals surface area contributed by atoms with Crippen LogP contribution in [0.1, 0.15) is 17.7 Å². The Morgan fingerprint density at radius 1 is 1.33 bits per heavy atom. The standard InChI is InChI=1S/C14H16N2OS/c1-16(2)15-8-7-11-5-6-12(14(11)17)10-13-4-3-9-18-13/h3-4,7-10H,5-6H2,1-2H3/b11-7+,12-10+,15-8+. The summed E-state index contributed by atoms with van der Waals surface area (Å²) < 4.78 is 0. The smallest absolute Gasteiger partial charge is 0.185 e. The van der Waals surface area contributed by atoms with Crippen molar-refractivity contribution in [3.8, 4) is 0 Å². The van der Waals surface area contributed by atoms with E-state index < -0.39 is 0 Å². The number of hydrazone groups is 1. The Morgan fingerprint density at radius 2 is 2.11 bits per heavy atom. The summed E-state index contributed by atoms with van der Waals surface area (Å²) in [6, 6.07) is 4.02. The van der Waals surface area contributed by atoms with Crippen molar-refractivity contribution in [2.75, 3.05) is 14.1 Å². The Kier molecular flexibility index (Phi) is 4.10. The van der Waals surface area contributed by atoms with Gasteiger partial charge in [-0.1, -0.05) is 6.07 Å². The highest BCUT2D eigenvalue weighted by Gasteiger charge is 2.22. The van der Waals surface area contributed by atoms with E-state index in [1.807, 2.05) is 43.8 Å². The van der Waals surface area contributed by atoms with Gasteiger partial charge in [-0.2, -0.15) is 5.10 Å². The number of ketones is 1. The largest absolute Gasteiger partial charge is 0.303 e. The molecule has 0 unspecified atom stereocenters. The summed E-state index contributed by atoms with van der Waals surface area (Å²) in [5.41, 5.74) is 1.75. The van der Waals surface area contributed by atoms with Gasteiger partial charge < -0.3 is 5.01 Å². The Balaban J connectivity index is 2.10. The van der Waals surface area contributed by atoms with Gasteiger partial charge in [0.25, 0.3) is 0 Å². The molecule has 1 aliphatic rings. The normalized spacial score (nSPS) is 20.4. The van der Waals surface area contributed by atoms with Crippen LogP contribution in [0.5, 0.6) is 0 Å². The van der Waals surface area contributed by atoms with Gasteiger partial charge in [0.2, 0.25) is 0 Å². The van der Waals surface area contributed by atoms with Crippen LogP contribution < -0.4 is 0 Å². The lowest BCUT2D eigenvalue weighted by Crippen LogP contribution is -2.01. The lowest BCUT2D eigenvalue weighted by atomic mass is 10.1. The fourth-order valence-electron chi connectivity index (χ4n) is 1.80. The maximum atomic E-state index is 12.1. The molecule has 0 aromatic carbocycles. The van der Waals surface area contributed by atoms with Gasteiger partial charge in [0.15, 0.2) is 5.78 Å². The number of rotatable bonds is 3. The fourth-order valence-corrected chi connectivity index (χ4v) is 2.48. The average Bonchev–Trinajstić information content (AvgIpc) is 2.93. The molecule has 1 fully saturated rings. The molecule has 0 amide bonds. The number of allylic oxidation sites excluding steroid dienone is 3. The first kappa shape index (κ1) is 12.8. The number of nitrogens with zero attached hydrogens (tertiary/aromatic N) is 2. The van der Waals surface area contributed by atoms with Crippen molar-refractivity contribution in [2.24, 2.45) is 5.10 Å². The van der Waals surface area contributed by atoms with E-state index in [0.29, 0.717) is 0 Å². The summed E-state index contributed by atoms with van der Waals surface area (Å²) in [5, 5.41) is 7.81. The highest BCUT2D eigenvalue weighted by Crippen LogP contribution is 2.28. The van der Waals surface area contributed by atoms with Crippen molar-refractivity contribution >= 4 is 29.4 Å². The molecular weight excluding hydrogens is 244 g/mol. The van der Waals surface area contributed by atoms with Crippen LogP contribution in [0.25, 0.3) is 6.08 Å². The second-order valence-corrected chi connectivity index (χ2v) is 5.30. The predicted octanol–water partition coefficient (Wildman–Crippen LogP) is 2.97. The average molecular weight is 260 g/mol. The Morgan fingerprint density at radius 3 is 2.78 bits per heavy atom. The molecule has 1 aliphatic carbocycles. The zero-order chi connectivity index (χ0) is 13.0.